The van der Waals surface area contributed by atoms with Crippen LogP contribution in [-0.2, 0) is 0 Å². The summed E-state index contributed by atoms with van der Waals surface area (Å²) in [7, 11) is 0. The third-order valence-electron chi connectivity index (χ3n) is 3.63. The maximum absolute atomic E-state index is 13.4. The molecule has 0 saturated carbocycles. The van der Waals surface area contributed by atoms with Gasteiger partial charge in [0.2, 0.25) is 0 Å². The number of pyridine rings is 1. The number of aliphatic hydroxyl groups excluding tert-OH is 1. The monoisotopic (exact) mass is 311 g/mol. The first kappa shape index (κ1) is 15.4. The maximum Gasteiger partial charge on any atom is 0.123 e. The molecule has 0 saturated heterocycles. The number of nitrogens with zero attached hydrogens (tertiary/aromatic N) is 1. The van der Waals surface area contributed by atoms with Gasteiger partial charge in [0.05, 0.1) is 12.1 Å². The van der Waals surface area contributed by atoms with E-state index in [0.29, 0.717) is 6.61 Å². The standard InChI is InChI=1S/C19H18FNO2/c20-17-5-3-4-14(11-17)16-10-15-12-18(23-9-2-1-8-22)6-7-19(15)21-13-16/h3-7,10-13,22H,1-2,8-9H2. The van der Waals surface area contributed by atoms with E-state index in [4.69, 9.17) is 9.84 Å². The van der Waals surface area contributed by atoms with E-state index >= 15 is 0 Å². The van der Waals surface area contributed by atoms with Gasteiger partial charge in [-0.25, -0.2) is 4.39 Å². The zero-order chi connectivity index (χ0) is 16.1. The van der Waals surface area contributed by atoms with Crippen molar-refractivity contribution in [1.82, 2.24) is 4.98 Å². The fourth-order valence-corrected chi connectivity index (χ4v) is 2.43. The van der Waals surface area contributed by atoms with Gasteiger partial charge >= 0.3 is 0 Å². The summed E-state index contributed by atoms with van der Waals surface area (Å²) >= 11 is 0. The van der Waals surface area contributed by atoms with E-state index in [9.17, 15) is 4.39 Å². The Hall–Kier alpha value is -2.46. The van der Waals surface area contributed by atoms with Crippen LogP contribution in [0.5, 0.6) is 5.75 Å². The zero-order valence-corrected chi connectivity index (χ0v) is 12.7. The minimum Gasteiger partial charge on any atom is -0.494 e. The molecule has 0 amide bonds. The lowest BCUT2D eigenvalue weighted by Gasteiger charge is -2.08. The Morgan fingerprint density at radius 3 is 2.74 bits per heavy atom. The lowest BCUT2D eigenvalue weighted by atomic mass is 10.1. The molecular weight excluding hydrogens is 293 g/mol. The van der Waals surface area contributed by atoms with E-state index in [0.717, 1.165) is 40.6 Å². The second-order valence-corrected chi connectivity index (χ2v) is 5.37. The molecule has 0 unspecified atom stereocenters. The molecule has 0 aliphatic carbocycles. The van der Waals surface area contributed by atoms with Crippen LogP contribution in [0, 0.1) is 5.82 Å². The predicted octanol–water partition coefficient (Wildman–Crippen LogP) is 4.19. The number of aliphatic hydroxyl groups is 1. The van der Waals surface area contributed by atoms with Crippen LogP contribution >= 0.6 is 0 Å². The number of halogens is 1. The van der Waals surface area contributed by atoms with Crippen molar-refractivity contribution in [3.8, 4) is 16.9 Å². The van der Waals surface area contributed by atoms with Crippen molar-refractivity contribution >= 4 is 10.9 Å². The van der Waals surface area contributed by atoms with Gasteiger partial charge in [-0.2, -0.15) is 0 Å². The van der Waals surface area contributed by atoms with Crippen molar-refractivity contribution < 1.29 is 14.2 Å². The summed E-state index contributed by atoms with van der Waals surface area (Å²) in [4.78, 5) is 4.43. The van der Waals surface area contributed by atoms with Gasteiger partial charge in [-0.05, 0) is 54.8 Å². The summed E-state index contributed by atoms with van der Waals surface area (Å²) in [6, 6.07) is 14.2. The molecule has 3 nitrogen and oxygen atoms in total. The van der Waals surface area contributed by atoms with Crippen LogP contribution < -0.4 is 4.74 Å². The highest BCUT2D eigenvalue weighted by atomic mass is 19.1. The molecule has 23 heavy (non-hydrogen) atoms. The Bertz CT molecular complexity index is 804. The van der Waals surface area contributed by atoms with E-state index in [1.807, 2.05) is 30.3 Å². The maximum atomic E-state index is 13.4. The van der Waals surface area contributed by atoms with Gasteiger partial charge in [0.1, 0.15) is 11.6 Å². The van der Waals surface area contributed by atoms with E-state index in [-0.39, 0.29) is 12.4 Å². The largest absolute Gasteiger partial charge is 0.494 e. The highest BCUT2D eigenvalue weighted by Gasteiger charge is 2.04. The summed E-state index contributed by atoms with van der Waals surface area (Å²) in [5, 5.41) is 9.72. The molecule has 0 atom stereocenters. The number of hydrogen-bond donors (Lipinski definition) is 1. The van der Waals surface area contributed by atoms with Gasteiger partial charge in [0, 0.05) is 23.8 Å². The Balaban J connectivity index is 1.85. The lowest BCUT2D eigenvalue weighted by molar-refractivity contribution is 0.253. The summed E-state index contributed by atoms with van der Waals surface area (Å²) in [6.07, 6.45) is 3.30. The predicted molar refractivity (Wildman–Crippen MR) is 89.0 cm³/mol. The molecule has 1 aromatic heterocycles. The molecular formula is C19H18FNO2. The average Bonchev–Trinajstić information content (AvgIpc) is 2.58. The summed E-state index contributed by atoms with van der Waals surface area (Å²) in [6.45, 7) is 0.755. The van der Waals surface area contributed by atoms with Crippen molar-refractivity contribution in [3.63, 3.8) is 0 Å². The number of ether oxygens (including phenoxy) is 1. The molecule has 0 radical (unpaired) electrons. The first-order valence-electron chi connectivity index (χ1n) is 7.66. The first-order valence-corrected chi connectivity index (χ1v) is 7.66. The number of hydrogen-bond acceptors (Lipinski definition) is 3. The highest BCUT2D eigenvalue weighted by Crippen LogP contribution is 2.26. The molecule has 0 aliphatic heterocycles. The Labute approximate surface area is 134 Å². The average molecular weight is 311 g/mol. The number of rotatable bonds is 6. The van der Waals surface area contributed by atoms with Crippen LogP contribution in [0.4, 0.5) is 4.39 Å². The Kier molecular flexibility index (Phi) is 4.83. The SMILES string of the molecule is OCCCCOc1ccc2ncc(-c3cccc(F)c3)cc2c1. The number of benzene rings is 2. The van der Waals surface area contributed by atoms with E-state index < -0.39 is 0 Å². The molecule has 118 valence electrons. The smallest absolute Gasteiger partial charge is 0.123 e. The Morgan fingerprint density at radius 2 is 1.91 bits per heavy atom. The van der Waals surface area contributed by atoms with E-state index in [1.54, 1.807) is 12.3 Å². The molecule has 0 spiro atoms. The quantitative estimate of drug-likeness (QED) is 0.694. The second kappa shape index (κ2) is 7.20. The van der Waals surface area contributed by atoms with Crippen LogP contribution in [0.25, 0.3) is 22.0 Å². The number of fused-ring (bicyclic) bond motifs is 1. The molecule has 2 aromatic carbocycles. The first-order chi connectivity index (χ1) is 11.3. The van der Waals surface area contributed by atoms with Gasteiger partial charge in [0.15, 0.2) is 0 Å². The fraction of sp³-hybridized carbons (Fsp3) is 0.211. The van der Waals surface area contributed by atoms with Crippen LogP contribution in [0.15, 0.2) is 54.7 Å². The zero-order valence-electron chi connectivity index (χ0n) is 12.7. The van der Waals surface area contributed by atoms with E-state index in [2.05, 4.69) is 4.98 Å². The van der Waals surface area contributed by atoms with Crippen LogP contribution in [0.1, 0.15) is 12.8 Å². The summed E-state index contributed by atoms with van der Waals surface area (Å²) in [5.41, 5.74) is 2.54. The van der Waals surface area contributed by atoms with Crippen molar-refractivity contribution in [1.29, 1.82) is 0 Å². The van der Waals surface area contributed by atoms with Crippen molar-refractivity contribution in [2.24, 2.45) is 0 Å². The van der Waals surface area contributed by atoms with Crippen molar-refractivity contribution in [2.45, 2.75) is 12.8 Å². The molecule has 3 aromatic rings. The highest BCUT2D eigenvalue weighted by molar-refractivity contribution is 5.84. The van der Waals surface area contributed by atoms with Gasteiger partial charge in [0.25, 0.3) is 0 Å². The van der Waals surface area contributed by atoms with Crippen LogP contribution in [-0.4, -0.2) is 23.3 Å². The van der Waals surface area contributed by atoms with Crippen LogP contribution in [0.2, 0.25) is 0 Å². The molecule has 0 bridgehead atoms. The fourth-order valence-electron chi connectivity index (χ4n) is 2.43. The van der Waals surface area contributed by atoms with Gasteiger partial charge < -0.3 is 9.84 Å². The normalized spacial score (nSPS) is 10.9. The summed E-state index contributed by atoms with van der Waals surface area (Å²) < 4.78 is 19.1. The van der Waals surface area contributed by atoms with E-state index in [1.165, 1.54) is 12.1 Å². The van der Waals surface area contributed by atoms with Crippen LogP contribution in [0.3, 0.4) is 0 Å². The molecule has 0 fully saturated rings. The lowest BCUT2D eigenvalue weighted by Crippen LogP contribution is -1.98. The van der Waals surface area contributed by atoms with Gasteiger partial charge in [-0.3, -0.25) is 4.98 Å². The number of unbranched alkanes of at least 4 members (excludes halogenated alkanes) is 1. The molecule has 1 heterocycles. The van der Waals surface area contributed by atoms with Gasteiger partial charge in [-0.1, -0.05) is 12.1 Å². The summed E-state index contributed by atoms with van der Waals surface area (Å²) in [5.74, 6) is 0.511. The minimum absolute atomic E-state index is 0.183. The van der Waals surface area contributed by atoms with Gasteiger partial charge in [-0.15, -0.1) is 0 Å². The third-order valence-corrected chi connectivity index (χ3v) is 3.63. The third kappa shape index (κ3) is 3.85. The second-order valence-electron chi connectivity index (χ2n) is 5.37. The minimum atomic E-state index is -0.261. The van der Waals surface area contributed by atoms with Crippen molar-refractivity contribution in [2.75, 3.05) is 13.2 Å². The molecule has 1 N–H and O–H groups in total. The molecule has 0 aliphatic rings. The number of aromatic nitrogens is 1. The Morgan fingerprint density at radius 1 is 1.00 bits per heavy atom. The molecule has 3 rings (SSSR count). The van der Waals surface area contributed by atoms with Crippen molar-refractivity contribution in [3.05, 3.63) is 60.5 Å². The topological polar surface area (TPSA) is 42.4 Å². The molecule has 4 heteroatoms.